The van der Waals surface area contributed by atoms with E-state index in [1.807, 2.05) is 13.8 Å². The summed E-state index contributed by atoms with van der Waals surface area (Å²) in [7, 11) is -3.44. The number of hydrogen-bond acceptors (Lipinski definition) is 3. The molecule has 1 aliphatic rings. The molecule has 1 heterocycles. The van der Waals surface area contributed by atoms with E-state index in [9.17, 15) is 8.42 Å². The van der Waals surface area contributed by atoms with Gasteiger partial charge in [-0.2, -0.15) is 4.31 Å². The third-order valence-electron chi connectivity index (χ3n) is 3.38. The number of nitrogen functional groups attached to an aromatic ring is 1. The quantitative estimate of drug-likeness (QED) is 0.846. The maximum atomic E-state index is 12.6. The smallest absolute Gasteiger partial charge is 0.243 e. The van der Waals surface area contributed by atoms with Crippen molar-refractivity contribution in [3.63, 3.8) is 0 Å². The molecule has 2 rings (SSSR count). The van der Waals surface area contributed by atoms with E-state index in [2.05, 4.69) is 15.9 Å². The van der Waals surface area contributed by atoms with Crippen molar-refractivity contribution < 1.29 is 8.42 Å². The van der Waals surface area contributed by atoms with E-state index in [4.69, 9.17) is 5.73 Å². The van der Waals surface area contributed by atoms with Crippen molar-refractivity contribution in [3.8, 4) is 0 Å². The van der Waals surface area contributed by atoms with Crippen molar-refractivity contribution in [3.05, 3.63) is 22.7 Å². The molecular weight excluding hydrogens is 316 g/mol. The Morgan fingerprint density at radius 1 is 1.39 bits per heavy atom. The van der Waals surface area contributed by atoms with Crippen LogP contribution in [0.4, 0.5) is 5.69 Å². The van der Waals surface area contributed by atoms with Gasteiger partial charge in [-0.1, -0.05) is 0 Å². The van der Waals surface area contributed by atoms with Gasteiger partial charge in [0.25, 0.3) is 0 Å². The summed E-state index contributed by atoms with van der Waals surface area (Å²) in [6, 6.07) is 4.74. The molecule has 0 saturated carbocycles. The van der Waals surface area contributed by atoms with Crippen LogP contribution in [-0.2, 0) is 10.0 Å². The van der Waals surface area contributed by atoms with E-state index in [1.54, 1.807) is 22.5 Å². The lowest BCUT2D eigenvalue weighted by molar-refractivity contribution is 0.291. The predicted octanol–water partition coefficient (Wildman–Crippen LogP) is 2.59. The lowest BCUT2D eigenvalue weighted by atomic mass is 10.0. The SMILES string of the molecule is CC1(C)CCCN1S(=O)(=O)c1ccc(N)c(Br)c1. The highest BCUT2D eigenvalue weighted by Crippen LogP contribution is 2.35. The Hall–Kier alpha value is -0.590. The molecule has 18 heavy (non-hydrogen) atoms. The first-order chi connectivity index (χ1) is 8.25. The highest BCUT2D eigenvalue weighted by molar-refractivity contribution is 9.10. The van der Waals surface area contributed by atoms with Crippen molar-refractivity contribution in [1.29, 1.82) is 0 Å². The summed E-state index contributed by atoms with van der Waals surface area (Å²) in [5.41, 5.74) is 5.91. The van der Waals surface area contributed by atoms with Crippen LogP contribution in [-0.4, -0.2) is 24.8 Å². The molecule has 100 valence electrons. The van der Waals surface area contributed by atoms with Crippen LogP contribution in [0.25, 0.3) is 0 Å². The van der Waals surface area contributed by atoms with Crippen LogP contribution in [0.2, 0.25) is 0 Å². The molecular formula is C12H17BrN2O2S. The van der Waals surface area contributed by atoms with Gasteiger partial charge in [0.2, 0.25) is 10.0 Å². The monoisotopic (exact) mass is 332 g/mol. The van der Waals surface area contributed by atoms with E-state index >= 15 is 0 Å². The number of anilines is 1. The van der Waals surface area contributed by atoms with Crippen LogP contribution in [0.1, 0.15) is 26.7 Å². The Balaban J connectivity index is 2.45. The number of nitrogens with two attached hydrogens (primary N) is 1. The van der Waals surface area contributed by atoms with Crippen molar-refractivity contribution in [2.75, 3.05) is 12.3 Å². The molecule has 0 spiro atoms. The van der Waals surface area contributed by atoms with E-state index in [0.717, 1.165) is 12.8 Å². The number of rotatable bonds is 2. The largest absolute Gasteiger partial charge is 0.398 e. The van der Waals surface area contributed by atoms with Gasteiger partial charge in [-0.25, -0.2) is 8.42 Å². The summed E-state index contributed by atoms with van der Waals surface area (Å²) in [5, 5.41) is 0. The standard InChI is InChI=1S/C12H17BrN2O2S/c1-12(2)6-3-7-15(12)18(16,17)9-4-5-11(14)10(13)8-9/h4-5,8H,3,6-7,14H2,1-2H3. The van der Waals surface area contributed by atoms with Crippen molar-refractivity contribution >= 4 is 31.6 Å². The second kappa shape index (κ2) is 4.51. The minimum Gasteiger partial charge on any atom is -0.398 e. The van der Waals surface area contributed by atoms with Crippen LogP contribution < -0.4 is 5.73 Å². The molecule has 0 radical (unpaired) electrons. The molecule has 1 saturated heterocycles. The summed E-state index contributed by atoms with van der Waals surface area (Å²) in [4.78, 5) is 0.290. The van der Waals surface area contributed by atoms with Gasteiger partial charge in [0.15, 0.2) is 0 Å². The van der Waals surface area contributed by atoms with Gasteiger partial charge in [-0.15, -0.1) is 0 Å². The fraction of sp³-hybridized carbons (Fsp3) is 0.500. The average Bonchev–Trinajstić information content (AvgIpc) is 2.62. The summed E-state index contributed by atoms with van der Waals surface area (Å²) in [5.74, 6) is 0. The first-order valence-corrected chi connectivity index (χ1v) is 8.06. The van der Waals surface area contributed by atoms with Crippen LogP contribution >= 0.6 is 15.9 Å². The lowest BCUT2D eigenvalue weighted by Gasteiger charge is -2.30. The molecule has 1 aromatic carbocycles. The zero-order valence-electron chi connectivity index (χ0n) is 10.5. The normalized spacial score (nSPS) is 20.2. The molecule has 0 amide bonds. The number of sulfonamides is 1. The van der Waals surface area contributed by atoms with Crippen molar-refractivity contribution in [2.45, 2.75) is 37.1 Å². The summed E-state index contributed by atoms with van der Waals surface area (Å²) >= 11 is 3.27. The van der Waals surface area contributed by atoms with E-state index < -0.39 is 10.0 Å². The summed E-state index contributed by atoms with van der Waals surface area (Å²) in [6.07, 6.45) is 1.80. The van der Waals surface area contributed by atoms with Gasteiger partial charge >= 0.3 is 0 Å². The van der Waals surface area contributed by atoms with Gasteiger partial charge in [0.1, 0.15) is 0 Å². The zero-order valence-corrected chi connectivity index (χ0v) is 12.9. The molecule has 1 aliphatic heterocycles. The Labute approximate surface area is 116 Å². The molecule has 0 bridgehead atoms. The van der Waals surface area contributed by atoms with Gasteiger partial charge in [0.05, 0.1) is 4.90 Å². The molecule has 0 unspecified atom stereocenters. The van der Waals surface area contributed by atoms with Crippen LogP contribution in [0, 0.1) is 0 Å². The zero-order chi connectivity index (χ0) is 13.6. The predicted molar refractivity (Wildman–Crippen MR) is 75.8 cm³/mol. The number of hydrogen-bond donors (Lipinski definition) is 1. The Bertz CT molecular complexity index is 569. The molecule has 1 aromatic rings. The topological polar surface area (TPSA) is 63.4 Å². The first kappa shape index (κ1) is 13.8. The van der Waals surface area contributed by atoms with Gasteiger partial charge in [-0.3, -0.25) is 0 Å². The lowest BCUT2D eigenvalue weighted by Crippen LogP contribution is -2.42. The summed E-state index contributed by atoms with van der Waals surface area (Å²) < 4.78 is 27.3. The third kappa shape index (κ3) is 2.29. The molecule has 2 N–H and O–H groups in total. The average molecular weight is 333 g/mol. The molecule has 0 atom stereocenters. The van der Waals surface area contributed by atoms with E-state index in [-0.39, 0.29) is 5.54 Å². The maximum Gasteiger partial charge on any atom is 0.243 e. The van der Waals surface area contributed by atoms with E-state index in [1.165, 1.54) is 0 Å². The molecule has 0 aliphatic carbocycles. The van der Waals surface area contributed by atoms with Crippen molar-refractivity contribution in [1.82, 2.24) is 4.31 Å². The van der Waals surface area contributed by atoms with Gasteiger partial charge in [-0.05, 0) is 60.8 Å². The second-order valence-corrected chi connectivity index (χ2v) is 7.89. The fourth-order valence-corrected chi connectivity index (χ4v) is 4.73. The molecule has 6 heteroatoms. The molecule has 1 fully saturated rings. The number of benzene rings is 1. The minimum atomic E-state index is -3.44. The van der Waals surface area contributed by atoms with Crippen LogP contribution in [0.15, 0.2) is 27.6 Å². The maximum absolute atomic E-state index is 12.6. The highest BCUT2D eigenvalue weighted by atomic mass is 79.9. The minimum absolute atomic E-state index is 0.290. The highest BCUT2D eigenvalue weighted by Gasteiger charge is 2.40. The third-order valence-corrected chi connectivity index (χ3v) is 6.18. The Morgan fingerprint density at radius 3 is 2.56 bits per heavy atom. The Morgan fingerprint density at radius 2 is 2.06 bits per heavy atom. The second-order valence-electron chi connectivity index (χ2n) is 5.18. The number of halogens is 1. The fourth-order valence-electron chi connectivity index (χ4n) is 2.32. The number of nitrogens with zero attached hydrogens (tertiary/aromatic N) is 1. The van der Waals surface area contributed by atoms with Crippen LogP contribution in [0.3, 0.4) is 0 Å². The van der Waals surface area contributed by atoms with Crippen molar-refractivity contribution in [2.24, 2.45) is 0 Å². The van der Waals surface area contributed by atoms with E-state index in [0.29, 0.717) is 21.6 Å². The van der Waals surface area contributed by atoms with Gasteiger partial charge < -0.3 is 5.73 Å². The van der Waals surface area contributed by atoms with Crippen LogP contribution in [0.5, 0.6) is 0 Å². The van der Waals surface area contributed by atoms with Gasteiger partial charge in [0, 0.05) is 22.2 Å². The summed E-state index contributed by atoms with van der Waals surface area (Å²) in [6.45, 7) is 4.51. The molecule has 0 aromatic heterocycles. The molecule has 4 nitrogen and oxygen atoms in total. The first-order valence-electron chi connectivity index (χ1n) is 5.83. The Kier molecular flexibility index (Phi) is 3.46.